The highest BCUT2D eigenvalue weighted by Crippen LogP contribution is 2.24. The third-order valence-corrected chi connectivity index (χ3v) is 4.31. The van der Waals surface area contributed by atoms with Crippen molar-refractivity contribution in [3.05, 3.63) is 34.3 Å². The second-order valence-electron chi connectivity index (χ2n) is 5.07. The van der Waals surface area contributed by atoms with Crippen molar-refractivity contribution in [3.8, 4) is 0 Å². The maximum atomic E-state index is 12.5. The number of hydrogen-bond donors (Lipinski definition) is 0. The van der Waals surface area contributed by atoms with E-state index in [2.05, 4.69) is 15.9 Å². The lowest BCUT2D eigenvalue weighted by molar-refractivity contribution is -0.191. The highest BCUT2D eigenvalue weighted by Gasteiger charge is 2.33. The number of hydrogen-bond acceptors (Lipinski definition) is 3. The minimum Gasteiger partial charge on any atom is -0.356 e. The van der Waals surface area contributed by atoms with Crippen LogP contribution in [0.1, 0.15) is 30.1 Å². The third-order valence-electron chi connectivity index (χ3n) is 3.78. The van der Waals surface area contributed by atoms with Gasteiger partial charge in [-0.25, -0.2) is 0 Å². The summed E-state index contributed by atoms with van der Waals surface area (Å²) in [6.07, 6.45) is 1.51. The lowest BCUT2D eigenvalue weighted by Crippen LogP contribution is -2.49. The van der Waals surface area contributed by atoms with Crippen LogP contribution in [-0.4, -0.2) is 43.4 Å². The molecule has 0 aromatic heterocycles. The molecule has 0 bridgehead atoms. The molecule has 1 aliphatic heterocycles. The van der Waals surface area contributed by atoms with E-state index in [-0.39, 0.29) is 24.3 Å². The maximum absolute atomic E-state index is 12.5. The summed E-state index contributed by atoms with van der Waals surface area (Å²) in [6, 6.07) is 7.49. The zero-order chi connectivity index (χ0) is 14.7. The average molecular weight is 342 g/mol. The predicted octanol–water partition coefficient (Wildman–Crippen LogP) is 3.06. The molecule has 3 atom stereocenters. The average Bonchev–Trinajstić information content (AvgIpc) is 2.46. The first kappa shape index (κ1) is 15.5. The minimum atomic E-state index is -0.155. The fourth-order valence-electron chi connectivity index (χ4n) is 2.57. The van der Waals surface area contributed by atoms with E-state index in [0.29, 0.717) is 5.56 Å². The molecule has 110 valence electrons. The van der Waals surface area contributed by atoms with E-state index in [0.717, 1.165) is 17.3 Å². The molecule has 1 heterocycles. The lowest BCUT2D eigenvalue weighted by atomic mass is 10.0. The third kappa shape index (κ3) is 3.40. The summed E-state index contributed by atoms with van der Waals surface area (Å²) < 4.78 is 11.9. The lowest BCUT2D eigenvalue weighted by Gasteiger charge is -2.39. The predicted molar refractivity (Wildman–Crippen MR) is 80.6 cm³/mol. The van der Waals surface area contributed by atoms with E-state index in [1.54, 1.807) is 12.0 Å². The number of carbonyl (C=O) groups is 1. The van der Waals surface area contributed by atoms with Gasteiger partial charge in [-0.3, -0.25) is 4.79 Å². The molecule has 5 heteroatoms. The highest BCUT2D eigenvalue weighted by molar-refractivity contribution is 9.10. The van der Waals surface area contributed by atoms with Crippen LogP contribution in [0, 0.1) is 0 Å². The van der Waals surface area contributed by atoms with Crippen LogP contribution in [0.4, 0.5) is 0 Å². The normalized spacial score (nSPS) is 26.3. The number of carbonyl (C=O) groups excluding carboxylic acids is 1. The van der Waals surface area contributed by atoms with Crippen LogP contribution >= 0.6 is 15.9 Å². The fraction of sp³-hybridized carbons (Fsp3) is 0.533. The Morgan fingerprint density at radius 2 is 2.00 bits per heavy atom. The quantitative estimate of drug-likeness (QED) is 0.848. The van der Waals surface area contributed by atoms with E-state index < -0.39 is 0 Å². The molecule has 1 aromatic rings. The standard InChI is InChI=1S/C15H20BrNO3/c1-10-13(8-9-14(19-3)20-10)17(2)15(18)11-4-6-12(16)7-5-11/h4-7,10,13-14H,8-9H2,1-3H3/t10-,13+,14-/m1/s1. The smallest absolute Gasteiger partial charge is 0.253 e. The van der Waals surface area contributed by atoms with Gasteiger partial charge in [0.25, 0.3) is 5.91 Å². The number of rotatable bonds is 3. The minimum absolute atomic E-state index is 0.0221. The first-order valence-corrected chi connectivity index (χ1v) is 7.53. The number of amides is 1. The molecule has 0 N–H and O–H groups in total. The fourth-order valence-corrected chi connectivity index (χ4v) is 2.83. The van der Waals surface area contributed by atoms with Crippen LogP contribution in [0.15, 0.2) is 28.7 Å². The molecule has 1 aromatic carbocycles. The zero-order valence-electron chi connectivity index (χ0n) is 12.0. The number of likely N-dealkylation sites (N-methyl/N-ethyl adjacent to an activating group) is 1. The van der Waals surface area contributed by atoms with E-state index >= 15 is 0 Å². The van der Waals surface area contributed by atoms with Gasteiger partial charge in [-0.1, -0.05) is 15.9 Å². The van der Waals surface area contributed by atoms with E-state index in [1.807, 2.05) is 38.2 Å². The van der Waals surface area contributed by atoms with E-state index in [9.17, 15) is 4.79 Å². The van der Waals surface area contributed by atoms with Crippen molar-refractivity contribution in [1.82, 2.24) is 4.90 Å². The van der Waals surface area contributed by atoms with Crippen LogP contribution in [0.25, 0.3) is 0 Å². The molecule has 1 saturated heterocycles. The van der Waals surface area contributed by atoms with Crippen LogP contribution < -0.4 is 0 Å². The molecule has 4 nitrogen and oxygen atoms in total. The number of halogens is 1. The van der Waals surface area contributed by atoms with Gasteiger partial charge in [0.15, 0.2) is 6.29 Å². The van der Waals surface area contributed by atoms with Crippen LogP contribution in [0.5, 0.6) is 0 Å². The van der Waals surface area contributed by atoms with Crippen molar-refractivity contribution in [3.63, 3.8) is 0 Å². The Hall–Kier alpha value is -0.910. The summed E-state index contributed by atoms with van der Waals surface area (Å²) in [7, 11) is 3.48. The van der Waals surface area contributed by atoms with Gasteiger partial charge < -0.3 is 14.4 Å². The largest absolute Gasteiger partial charge is 0.356 e. The summed E-state index contributed by atoms with van der Waals surface area (Å²) in [4.78, 5) is 14.3. The summed E-state index contributed by atoms with van der Waals surface area (Å²) >= 11 is 3.37. The van der Waals surface area contributed by atoms with Crippen molar-refractivity contribution in [2.24, 2.45) is 0 Å². The van der Waals surface area contributed by atoms with Gasteiger partial charge in [0.05, 0.1) is 12.1 Å². The molecular formula is C15H20BrNO3. The van der Waals surface area contributed by atoms with Gasteiger partial charge in [0, 0.05) is 30.6 Å². The first-order chi connectivity index (χ1) is 9.52. The zero-order valence-corrected chi connectivity index (χ0v) is 13.6. The molecule has 0 spiro atoms. The second-order valence-corrected chi connectivity index (χ2v) is 5.99. The van der Waals surface area contributed by atoms with E-state index in [4.69, 9.17) is 9.47 Å². The molecule has 20 heavy (non-hydrogen) atoms. The summed E-state index contributed by atoms with van der Waals surface area (Å²) in [5, 5.41) is 0. The van der Waals surface area contributed by atoms with Crippen LogP contribution in [0.2, 0.25) is 0 Å². The van der Waals surface area contributed by atoms with Crippen molar-refractivity contribution in [2.45, 2.75) is 38.2 Å². The molecule has 2 rings (SSSR count). The molecule has 1 amide bonds. The molecule has 0 aliphatic carbocycles. The van der Waals surface area contributed by atoms with Crippen LogP contribution in [0.3, 0.4) is 0 Å². The second kappa shape index (κ2) is 6.70. The van der Waals surface area contributed by atoms with Crippen molar-refractivity contribution >= 4 is 21.8 Å². The van der Waals surface area contributed by atoms with Crippen molar-refractivity contribution < 1.29 is 14.3 Å². The number of benzene rings is 1. The number of ether oxygens (including phenoxy) is 2. The van der Waals surface area contributed by atoms with Crippen LogP contribution in [-0.2, 0) is 9.47 Å². The Bertz CT molecular complexity index is 463. The summed E-state index contributed by atoms with van der Waals surface area (Å²) in [6.45, 7) is 1.99. The van der Waals surface area contributed by atoms with Gasteiger partial charge in [-0.2, -0.15) is 0 Å². The Morgan fingerprint density at radius 1 is 1.35 bits per heavy atom. The molecule has 1 fully saturated rings. The molecular weight excluding hydrogens is 322 g/mol. The topological polar surface area (TPSA) is 38.8 Å². The first-order valence-electron chi connectivity index (χ1n) is 6.74. The summed E-state index contributed by atoms with van der Waals surface area (Å²) in [5.41, 5.74) is 0.691. The van der Waals surface area contributed by atoms with Gasteiger partial charge in [0.2, 0.25) is 0 Å². The van der Waals surface area contributed by atoms with Gasteiger partial charge in [-0.15, -0.1) is 0 Å². The monoisotopic (exact) mass is 341 g/mol. The Labute approximate surface area is 128 Å². The number of nitrogens with zero attached hydrogens (tertiary/aromatic N) is 1. The van der Waals surface area contributed by atoms with Gasteiger partial charge in [0.1, 0.15) is 0 Å². The van der Waals surface area contributed by atoms with Crippen molar-refractivity contribution in [2.75, 3.05) is 14.2 Å². The highest BCUT2D eigenvalue weighted by atomic mass is 79.9. The van der Waals surface area contributed by atoms with E-state index in [1.165, 1.54) is 0 Å². The Kier molecular flexibility index (Phi) is 5.18. The molecule has 0 unspecified atom stereocenters. The Balaban J connectivity index is 2.05. The Morgan fingerprint density at radius 3 is 2.55 bits per heavy atom. The van der Waals surface area contributed by atoms with Gasteiger partial charge in [-0.05, 0) is 37.6 Å². The van der Waals surface area contributed by atoms with Gasteiger partial charge >= 0.3 is 0 Å². The molecule has 0 radical (unpaired) electrons. The number of methoxy groups -OCH3 is 1. The molecule has 1 aliphatic rings. The molecule has 0 saturated carbocycles. The SMILES string of the molecule is CO[C@H]1CC[C@H](N(C)C(=O)c2ccc(Br)cc2)[C@@H](C)O1. The maximum Gasteiger partial charge on any atom is 0.253 e. The summed E-state index contributed by atoms with van der Waals surface area (Å²) in [5.74, 6) is 0.0221. The van der Waals surface area contributed by atoms with Crippen molar-refractivity contribution in [1.29, 1.82) is 0 Å².